The van der Waals surface area contributed by atoms with E-state index in [2.05, 4.69) is 17.6 Å². The lowest BCUT2D eigenvalue weighted by molar-refractivity contribution is 0.1000. The molecule has 1 aromatic carbocycles. The van der Waals surface area contributed by atoms with Gasteiger partial charge in [0.1, 0.15) is 0 Å². The van der Waals surface area contributed by atoms with Crippen LogP contribution in [0.15, 0.2) is 18.2 Å². The number of benzene rings is 1. The summed E-state index contributed by atoms with van der Waals surface area (Å²) in [5, 5.41) is 6.96. The van der Waals surface area contributed by atoms with Crippen molar-refractivity contribution in [1.29, 1.82) is 0 Å². The number of carbonyl (C=O) groups excluding carboxylic acids is 1. The third-order valence-electron chi connectivity index (χ3n) is 3.93. The molecule has 0 radical (unpaired) electrons. The molecule has 1 fully saturated rings. The average molecular weight is 261 g/mol. The van der Waals surface area contributed by atoms with Crippen molar-refractivity contribution in [1.82, 2.24) is 5.32 Å². The zero-order valence-electron chi connectivity index (χ0n) is 11.7. The minimum absolute atomic E-state index is 0.367. The van der Waals surface area contributed by atoms with Crippen molar-refractivity contribution < 1.29 is 4.79 Å². The minimum Gasteiger partial charge on any atom is -0.382 e. The van der Waals surface area contributed by atoms with E-state index in [1.807, 2.05) is 19.1 Å². The number of nitrogens with one attached hydrogen (secondary N) is 2. The minimum atomic E-state index is -0.367. The molecule has 2 rings (SSSR count). The molecule has 4 nitrogen and oxygen atoms in total. The van der Waals surface area contributed by atoms with Gasteiger partial charge in [-0.2, -0.15) is 0 Å². The maximum Gasteiger partial charge on any atom is 0.248 e. The largest absolute Gasteiger partial charge is 0.382 e. The van der Waals surface area contributed by atoms with E-state index >= 15 is 0 Å². The van der Waals surface area contributed by atoms with E-state index in [1.54, 1.807) is 6.07 Å². The van der Waals surface area contributed by atoms with Crippen LogP contribution < -0.4 is 16.4 Å². The Morgan fingerprint density at radius 1 is 1.53 bits per heavy atom. The van der Waals surface area contributed by atoms with E-state index in [0.29, 0.717) is 17.5 Å². The molecule has 0 bridgehead atoms. The Labute approximate surface area is 114 Å². The van der Waals surface area contributed by atoms with Crippen LogP contribution in [0.3, 0.4) is 0 Å². The highest BCUT2D eigenvalue weighted by Gasteiger charge is 2.19. The quantitative estimate of drug-likeness (QED) is 0.775. The molecule has 4 heteroatoms. The van der Waals surface area contributed by atoms with Gasteiger partial charge in [0.05, 0.1) is 0 Å². The summed E-state index contributed by atoms with van der Waals surface area (Å²) >= 11 is 0. The molecule has 4 N–H and O–H groups in total. The van der Waals surface area contributed by atoms with Crippen LogP contribution in [-0.4, -0.2) is 25.0 Å². The van der Waals surface area contributed by atoms with Gasteiger partial charge in [0.2, 0.25) is 5.91 Å². The molecule has 1 aromatic rings. The summed E-state index contributed by atoms with van der Waals surface area (Å²) in [6.07, 6.45) is 2.51. The Balaban J connectivity index is 2.02. The van der Waals surface area contributed by atoms with Crippen molar-refractivity contribution in [2.75, 3.05) is 18.4 Å². The summed E-state index contributed by atoms with van der Waals surface area (Å²) in [5.74, 6) is 0.290. The van der Waals surface area contributed by atoms with Crippen molar-refractivity contribution in [3.05, 3.63) is 29.3 Å². The molecule has 1 heterocycles. The highest BCUT2D eigenvalue weighted by molar-refractivity contribution is 5.94. The molecule has 0 aliphatic carbocycles. The maximum atomic E-state index is 11.2. The van der Waals surface area contributed by atoms with Crippen LogP contribution in [0.4, 0.5) is 5.69 Å². The number of carbonyl (C=O) groups is 1. The maximum absolute atomic E-state index is 11.2. The van der Waals surface area contributed by atoms with E-state index in [9.17, 15) is 4.79 Å². The van der Waals surface area contributed by atoms with E-state index in [-0.39, 0.29) is 5.91 Å². The van der Waals surface area contributed by atoms with Gasteiger partial charge in [-0.1, -0.05) is 0 Å². The molecule has 1 saturated heterocycles. The lowest BCUT2D eigenvalue weighted by Gasteiger charge is -2.29. The van der Waals surface area contributed by atoms with Crippen molar-refractivity contribution in [2.24, 2.45) is 11.7 Å². The first-order chi connectivity index (χ1) is 9.08. The van der Waals surface area contributed by atoms with Gasteiger partial charge >= 0.3 is 0 Å². The van der Waals surface area contributed by atoms with Crippen molar-refractivity contribution in [3.63, 3.8) is 0 Å². The Hall–Kier alpha value is -1.55. The number of amides is 1. The smallest absolute Gasteiger partial charge is 0.248 e. The molecule has 2 atom stereocenters. The molecular formula is C15H23N3O. The second-order valence-electron chi connectivity index (χ2n) is 5.43. The molecule has 1 amide bonds. The predicted octanol–water partition coefficient (Wildman–Crippen LogP) is 1.89. The number of aryl methyl sites for hydroxylation is 1. The summed E-state index contributed by atoms with van der Waals surface area (Å²) in [6.45, 7) is 6.34. The highest BCUT2D eigenvalue weighted by Crippen LogP contribution is 2.20. The molecule has 0 aromatic heterocycles. The van der Waals surface area contributed by atoms with Crippen LogP contribution in [0.25, 0.3) is 0 Å². The average Bonchev–Trinajstić information content (AvgIpc) is 2.39. The first-order valence-electron chi connectivity index (χ1n) is 6.95. The van der Waals surface area contributed by atoms with Gasteiger partial charge in [0.15, 0.2) is 0 Å². The number of rotatable bonds is 4. The fourth-order valence-electron chi connectivity index (χ4n) is 2.72. The zero-order chi connectivity index (χ0) is 13.8. The van der Waals surface area contributed by atoms with Gasteiger partial charge < -0.3 is 16.4 Å². The second kappa shape index (κ2) is 6.06. The molecular weight excluding hydrogens is 238 g/mol. The highest BCUT2D eigenvalue weighted by atomic mass is 16.1. The fourth-order valence-corrected chi connectivity index (χ4v) is 2.72. The Morgan fingerprint density at radius 3 is 2.89 bits per heavy atom. The number of hydrogen-bond donors (Lipinski definition) is 3. The summed E-state index contributed by atoms with van der Waals surface area (Å²) in [7, 11) is 0. The van der Waals surface area contributed by atoms with Crippen LogP contribution in [0.1, 0.15) is 35.7 Å². The second-order valence-corrected chi connectivity index (χ2v) is 5.43. The third kappa shape index (κ3) is 3.47. The van der Waals surface area contributed by atoms with Gasteiger partial charge in [-0.3, -0.25) is 4.79 Å². The molecule has 0 spiro atoms. The topological polar surface area (TPSA) is 67.2 Å². The summed E-state index contributed by atoms with van der Waals surface area (Å²) in [6, 6.07) is 6.14. The molecule has 104 valence electrons. The van der Waals surface area contributed by atoms with Gasteiger partial charge in [-0.25, -0.2) is 0 Å². The number of nitrogens with two attached hydrogens (primary N) is 1. The van der Waals surface area contributed by atoms with E-state index in [1.165, 1.54) is 12.8 Å². The lowest BCUT2D eigenvalue weighted by Crippen LogP contribution is -2.38. The first kappa shape index (κ1) is 13.9. The van der Waals surface area contributed by atoms with Gasteiger partial charge in [-0.15, -0.1) is 0 Å². The van der Waals surface area contributed by atoms with Crippen LogP contribution in [-0.2, 0) is 0 Å². The number of primary amides is 1. The molecule has 0 saturated carbocycles. The van der Waals surface area contributed by atoms with E-state index in [0.717, 1.165) is 24.3 Å². The third-order valence-corrected chi connectivity index (χ3v) is 3.93. The zero-order valence-corrected chi connectivity index (χ0v) is 11.7. The van der Waals surface area contributed by atoms with Crippen molar-refractivity contribution in [2.45, 2.75) is 32.7 Å². The van der Waals surface area contributed by atoms with E-state index in [4.69, 9.17) is 5.73 Å². The monoisotopic (exact) mass is 261 g/mol. The van der Waals surface area contributed by atoms with Gasteiger partial charge in [0.25, 0.3) is 0 Å². The van der Waals surface area contributed by atoms with Crippen LogP contribution in [0.5, 0.6) is 0 Å². The molecule has 19 heavy (non-hydrogen) atoms. The summed E-state index contributed by atoms with van der Waals surface area (Å²) < 4.78 is 0. The fraction of sp³-hybridized carbons (Fsp3) is 0.533. The lowest BCUT2D eigenvalue weighted by atomic mass is 9.92. The molecule has 1 aliphatic heterocycles. The van der Waals surface area contributed by atoms with Crippen LogP contribution >= 0.6 is 0 Å². The van der Waals surface area contributed by atoms with Gasteiger partial charge in [-0.05, 0) is 69.5 Å². The first-order valence-corrected chi connectivity index (χ1v) is 6.95. The Kier molecular flexibility index (Phi) is 4.43. The number of hydrogen-bond acceptors (Lipinski definition) is 3. The number of anilines is 1. The Morgan fingerprint density at radius 2 is 2.32 bits per heavy atom. The Bertz CT molecular complexity index is 453. The van der Waals surface area contributed by atoms with E-state index < -0.39 is 0 Å². The van der Waals surface area contributed by atoms with Crippen LogP contribution in [0.2, 0.25) is 0 Å². The predicted molar refractivity (Wildman–Crippen MR) is 78.4 cm³/mol. The number of piperidine rings is 1. The van der Waals surface area contributed by atoms with Crippen LogP contribution in [0, 0.1) is 12.8 Å². The summed E-state index contributed by atoms with van der Waals surface area (Å²) in [5.41, 5.74) is 7.89. The normalized spacial score (nSPS) is 20.8. The van der Waals surface area contributed by atoms with Crippen molar-refractivity contribution in [3.8, 4) is 0 Å². The van der Waals surface area contributed by atoms with Gasteiger partial charge in [0, 0.05) is 17.3 Å². The van der Waals surface area contributed by atoms with Crippen molar-refractivity contribution >= 4 is 11.6 Å². The SMILES string of the molecule is Cc1cc(NC(C)C2CCCNC2)ccc1C(N)=O. The molecule has 2 unspecified atom stereocenters. The molecule has 1 aliphatic rings. The standard InChI is InChI=1S/C15H23N3O/c1-10-8-13(5-6-14(10)15(16)19)18-11(2)12-4-3-7-17-9-12/h5-6,8,11-12,17-18H,3-4,7,9H2,1-2H3,(H2,16,19). The summed E-state index contributed by atoms with van der Waals surface area (Å²) in [4.78, 5) is 11.2.